The number of benzene rings is 1. The van der Waals surface area contributed by atoms with Crippen LogP contribution in [0.3, 0.4) is 0 Å². The van der Waals surface area contributed by atoms with Crippen LogP contribution in [0.5, 0.6) is 5.75 Å². The van der Waals surface area contributed by atoms with Gasteiger partial charge < -0.3 is 9.47 Å². The fourth-order valence-corrected chi connectivity index (χ4v) is 1.20. The molecule has 1 aromatic rings. The van der Waals surface area contributed by atoms with E-state index in [1.54, 1.807) is 19.1 Å². The maximum Gasteiger partial charge on any atom is 0.346 e. The number of methoxy groups -OCH3 is 1. The Kier molecular flexibility index (Phi) is 3.95. The summed E-state index contributed by atoms with van der Waals surface area (Å²) in [6, 6.07) is 7.26. The normalized spacial score (nSPS) is 11.9. The van der Waals surface area contributed by atoms with Gasteiger partial charge in [-0.15, -0.1) is 0 Å². The van der Waals surface area contributed by atoms with Gasteiger partial charge in [-0.2, -0.15) is 0 Å². The van der Waals surface area contributed by atoms with Crippen LogP contribution in [0.2, 0.25) is 0 Å². The lowest BCUT2D eigenvalue weighted by molar-refractivity contribution is -0.147. The maximum absolute atomic E-state index is 11.0. The minimum Gasteiger partial charge on any atom is -0.479 e. The summed E-state index contributed by atoms with van der Waals surface area (Å²) in [6.45, 7) is 1.65. The quantitative estimate of drug-likeness (QED) is 0.782. The minimum atomic E-state index is -0.582. The van der Waals surface area contributed by atoms with Gasteiger partial charge >= 0.3 is 5.97 Å². The van der Waals surface area contributed by atoms with E-state index in [0.717, 1.165) is 4.47 Å². The molecule has 0 bridgehead atoms. The van der Waals surface area contributed by atoms with Gasteiger partial charge in [-0.05, 0) is 31.2 Å². The third-order valence-corrected chi connectivity index (χ3v) is 2.19. The fraction of sp³-hybridized carbons (Fsp3) is 0.300. The molecular weight excluding hydrogens is 248 g/mol. The van der Waals surface area contributed by atoms with Crippen molar-refractivity contribution in [2.24, 2.45) is 0 Å². The molecule has 0 fully saturated rings. The van der Waals surface area contributed by atoms with Crippen molar-refractivity contribution in [3.8, 4) is 5.75 Å². The highest BCUT2D eigenvalue weighted by atomic mass is 79.9. The second-order valence-corrected chi connectivity index (χ2v) is 3.65. The molecule has 0 aromatic heterocycles. The number of ether oxygens (including phenoxy) is 2. The average molecular weight is 259 g/mol. The summed E-state index contributed by atoms with van der Waals surface area (Å²) in [5.41, 5.74) is 0. The van der Waals surface area contributed by atoms with Gasteiger partial charge in [-0.25, -0.2) is 4.79 Å². The van der Waals surface area contributed by atoms with Crippen molar-refractivity contribution in [1.29, 1.82) is 0 Å². The largest absolute Gasteiger partial charge is 0.479 e. The number of halogens is 1. The Morgan fingerprint density at radius 3 is 2.43 bits per heavy atom. The number of hydrogen-bond acceptors (Lipinski definition) is 3. The first-order valence-corrected chi connectivity index (χ1v) is 4.93. The van der Waals surface area contributed by atoms with Crippen molar-refractivity contribution >= 4 is 21.9 Å². The first kappa shape index (κ1) is 11.0. The molecule has 1 atom stereocenters. The molecular formula is C10H11BrO3. The minimum absolute atomic E-state index is 0.382. The lowest BCUT2D eigenvalue weighted by Crippen LogP contribution is -2.24. The van der Waals surface area contributed by atoms with Crippen LogP contribution in [0.4, 0.5) is 0 Å². The SMILES string of the molecule is COC(=O)[C@H](C)Oc1ccc(Br)cc1. The van der Waals surface area contributed by atoms with Gasteiger partial charge in [0.05, 0.1) is 7.11 Å². The molecule has 3 nitrogen and oxygen atoms in total. The maximum atomic E-state index is 11.0. The Labute approximate surface area is 91.1 Å². The van der Waals surface area contributed by atoms with Gasteiger partial charge in [0, 0.05) is 4.47 Å². The van der Waals surface area contributed by atoms with Gasteiger partial charge in [0.25, 0.3) is 0 Å². The molecule has 0 aliphatic heterocycles. The van der Waals surface area contributed by atoms with E-state index in [9.17, 15) is 4.79 Å². The van der Waals surface area contributed by atoms with Crippen LogP contribution >= 0.6 is 15.9 Å². The summed E-state index contributed by atoms with van der Waals surface area (Å²) in [5, 5.41) is 0. The van der Waals surface area contributed by atoms with E-state index in [1.807, 2.05) is 12.1 Å². The van der Waals surface area contributed by atoms with Gasteiger partial charge in [0.1, 0.15) is 5.75 Å². The van der Waals surface area contributed by atoms with Gasteiger partial charge in [-0.1, -0.05) is 15.9 Å². The second kappa shape index (κ2) is 5.00. The van der Waals surface area contributed by atoms with Gasteiger partial charge in [-0.3, -0.25) is 0 Å². The lowest BCUT2D eigenvalue weighted by Gasteiger charge is -2.11. The summed E-state index contributed by atoms with van der Waals surface area (Å²) >= 11 is 3.31. The van der Waals surface area contributed by atoms with Crippen LogP contribution in [0.25, 0.3) is 0 Å². The van der Waals surface area contributed by atoms with Crippen molar-refractivity contribution < 1.29 is 14.3 Å². The van der Waals surface area contributed by atoms with Crippen LogP contribution in [0.15, 0.2) is 28.7 Å². The molecule has 0 aliphatic rings. The van der Waals surface area contributed by atoms with Crippen LogP contribution in [0.1, 0.15) is 6.92 Å². The Hall–Kier alpha value is -1.03. The Morgan fingerprint density at radius 2 is 1.93 bits per heavy atom. The monoisotopic (exact) mass is 258 g/mol. The van der Waals surface area contributed by atoms with Crippen molar-refractivity contribution in [2.75, 3.05) is 7.11 Å². The number of carbonyl (C=O) groups is 1. The van der Waals surface area contributed by atoms with E-state index in [2.05, 4.69) is 20.7 Å². The Bertz CT molecular complexity index is 308. The van der Waals surface area contributed by atoms with Crippen molar-refractivity contribution in [3.05, 3.63) is 28.7 Å². The second-order valence-electron chi connectivity index (χ2n) is 2.74. The molecule has 0 N–H and O–H groups in total. The molecule has 0 radical (unpaired) electrons. The molecule has 0 aliphatic carbocycles. The highest BCUT2D eigenvalue weighted by molar-refractivity contribution is 9.10. The predicted octanol–water partition coefficient (Wildman–Crippen LogP) is 2.39. The highest BCUT2D eigenvalue weighted by Gasteiger charge is 2.14. The van der Waals surface area contributed by atoms with E-state index in [-0.39, 0.29) is 5.97 Å². The van der Waals surface area contributed by atoms with Crippen LogP contribution < -0.4 is 4.74 Å². The van der Waals surface area contributed by atoms with Crippen LogP contribution in [0, 0.1) is 0 Å². The number of carbonyl (C=O) groups excluding carboxylic acids is 1. The molecule has 0 heterocycles. The van der Waals surface area contributed by atoms with E-state index < -0.39 is 6.10 Å². The third-order valence-electron chi connectivity index (χ3n) is 1.66. The first-order valence-electron chi connectivity index (χ1n) is 4.13. The number of hydrogen-bond donors (Lipinski definition) is 0. The fourth-order valence-electron chi connectivity index (χ4n) is 0.931. The Balaban J connectivity index is 2.60. The molecule has 1 rings (SSSR count). The zero-order chi connectivity index (χ0) is 10.6. The van der Waals surface area contributed by atoms with E-state index in [0.29, 0.717) is 5.75 Å². The van der Waals surface area contributed by atoms with E-state index >= 15 is 0 Å². The third kappa shape index (κ3) is 3.03. The van der Waals surface area contributed by atoms with Gasteiger partial charge in [0.15, 0.2) is 6.10 Å². The van der Waals surface area contributed by atoms with E-state index in [4.69, 9.17) is 4.74 Å². The summed E-state index contributed by atoms with van der Waals surface area (Å²) in [5.74, 6) is 0.263. The van der Waals surface area contributed by atoms with Crippen molar-refractivity contribution in [1.82, 2.24) is 0 Å². The molecule has 76 valence electrons. The predicted molar refractivity (Wildman–Crippen MR) is 56.2 cm³/mol. The standard InChI is InChI=1S/C10H11BrO3/c1-7(10(12)13-2)14-9-5-3-8(11)4-6-9/h3-7H,1-2H3/t7-/m0/s1. The first-order chi connectivity index (χ1) is 6.63. The topological polar surface area (TPSA) is 35.5 Å². The highest BCUT2D eigenvalue weighted by Crippen LogP contribution is 2.17. The summed E-state index contributed by atoms with van der Waals surface area (Å²) < 4.78 is 10.8. The molecule has 1 aromatic carbocycles. The molecule has 0 saturated heterocycles. The summed E-state index contributed by atoms with van der Waals surface area (Å²) in [7, 11) is 1.34. The molecule has 0 spiro atoms. The molecule has 0 saturated carbocycles. The molecule has 0 amide bonds. The van der Waals surface area contributed by atoms with Crippen LogP contribution in [-0.2, 0) is 9.53 Å². The van der Waals surface area contributed by atoms with Crippen molar-refractivity contribution in [2.45, 2.75) is 13.0 Å². The zero-order valence-corrected chi connectivity index (χ0v) is 9.58. The summed E-state index contributed by atoms with van der Waals surface area (Å²) in [4.78, 5) is 11.0. The smallest absolute Gasteiger partial charge is 0.346 e. The average Bonchev–Trinajstić information content (AvgIpc) is 2.20. The zero-order valence-electron chi connectivity index (χ0n) is 7.99. The molecule has 4 heteroatoms. The summed E-state index contributed by atoms with van der Waals surface area (Å²) in [6.07, 6.45) is -0.582. The van der Waals surface area contributed by atoms with Crippen LogP contribution in [-0.4, -0.2) is 19.2 Å². The van der Waals surface area contributed by atoms with Gasteiger partial charge in [0.2, 0.25) is 0 Å². The van der Waals surface area contributed by atoms with Crippen molar-refractivity contribution in [3.63, 3.8) is 0 Å². The Morgan fingerprint density at radius 1 is 1.36 bits per heavy atom. The van der Waals surface area contributed by atoms with E-state index in [1.165, 1.54) is 7.11 Å². The molecule has 0 unspecified atom stereocenters. The molecule has 14 heavy (non-hydrogen) atoms. The number of rotatable bonds is 3. The lowest BCUT2D eigenvalue weighted by atomic mass is 10.3. The number of esters is 1.